The van der Waals surface area contributed by atoms with Gasteiger partial charge in [-0.3, -0.25) is 10.1 Å². The van der Waals surface area contributed by atoms with Crippen molar-refractivity contribution >= 4 is 38.2 Å². The van der Waals surface area contributed by atoms with Crippen LogP contribution in [-0.2, 0) is 6.42 Å². The number of para-hydroxylation sites is 1. The molecule has 0 spiro atoms. The third-order valence-electron chi connectivity index (χ3n) is 4.56. The highest BCUT2D eigenvalue weighted by atomic mass is 32.1. The van der Waals surface area contributed by atoms with Gasteiger partial charge in [-0.25, -0.2) is 9.67 Å². The predicted molar refractivity (Wildman–Crippen MR) is 116 cm³/mol. The topological polar surface area (TPSA) is 136 Å². The summed E-state index contributed by atoms with van der Waals surface area (Å²) in [7, 11) is 0. The number of nitro benzene ring substituents is 1. The van der Waals surface area contributed by atoms with E-state index in [1.807, 2.05) is 30.3 Å². The number of rotatable bonds is 7. The number of nitrogens with two attached hydrogens (primary N) is 1. The summed E-state index contributed by atoms with van der Waals surface area (Å²) in [4.78, 5) is 14.9. The number of non-ortho nitro benzene ring substituents is 1. The molecule has 0 aliphatic rings. The van der Waals surface area contributed by atoms with Gasteiger partial charge in [0.25, 0.3) is 5.69 Å². The van der Waals surface area contributed by atoms with E-state index in [0.29, 0.717) is 40.7 Å². The predicted octanol–water partition coefficient (Wildman–Crippen LogP) is 3.89. The van der Waals surface area contributed by atoms with E-state index in [4.69, 9.17) is 5.73 Å². The normalized spacial score (nSPS) is 10.8. The number of hydrogen-bond acceptors (Lipinski definition) is 8. The molecule has 30 heavy (non-hydrogen) atoms. The molecule has 2 aromatic heterocycles. The van der Waals surface area contributed by atoms with Crippen molar-refractivity contribution in [1.29, 1.82) is 5.26 Å². The summed E-state index contributed by atoms with van der Waals surface area (Å²) in [6, 6.07) is 16.2. The van der Waals surface area contributed by atoms with Gasteiger partial charge < -0.3 is 11.1 Å². The number of thiazole rings is 1. The summed E-state index contributed by atoms with van der Waals surface area (Å²) < 4.78 is 2.34. The van der Waals surface area contributed by atoms with Crippen molar-refractivity contribution in [3.8, 4) is 11.8 Å². The van der Waals surface area contributed by atoms with Gasteiger partial charge in [-0.05, 0) is 31.0 Å². The molecule has 0 radical (unpaired) electrons. The Bertz CT molecular complexity index is 1260. The van der Waals surface area contributed by atoms with Crippen LogP contribution in [0.15, 0.2) is 48.5 Å². The lowest BCUT2D eigenvalue weighted by molar-refractivity contribution is -0.384. The summed E-state index contributed by atoms with van der Waals surface area (Å²) in [5, 5.41) is 28.8. The van der Waals surface area contributed by atoms with E-state index in [1.165, 1.54) is 23.5 Å². The van der Waals surface area contributed by atoms with Crippen LogP contribution >= 0.6 is 11.3 Å². The first-order valence-electron chi connectivity index (χ1n) is 9.18. The van der Waals surface area contributed by atoms with E-state index in [2.05, 4.69) is 21.5 Å². The van der Waals surface area contributed by atoms with Gasteiger partial charge in [0.1, 0.15) is 17.5 Å². The van der Waals surface area contributed by atoms with Gasteiger partial charge in [-0.1, -0.05) is 29.5 Å². The Hall–Kier alpha value is -3.97. The van der Waals surface area contributed by atoms with Crippen LogP contribution in [0.2, 0.25) is 0 Å². The van der Waals surface area contributed by atoms with Crippen molar-refractivity contribution < 1.29 is 4.92 Å². The van der Waals surface area contributed by atoms with E-state index in [9.17, 15) is 15.4 Å². The van der Waals surface area contributed by atoms with E-state index in [0.717, 1.165) is 16.8 Å². The zero-order chi connectivity index (χ0) is 21.1. The molecular formula is C20H17N7O2S. The first-order valence-corrected chi connectivity index (χ1v) is 10.00. The molecular weight excluding hydrogens is 402 g/mol. The van der Waals surface area contributed by atoms with Crippen LogP contribution in [-0.4, -0.2) is 26.2 Å². The van der Waals surface area contributed by atoms with E-state index >= 15 is 0 Å². The highest BCUT2D eigenvalue weighted by Gasteiger charge is 2.16. The Morgan fingerprint density at radius 1 is 1.27 bits per heavy atom. The molecule has 0 aliphatic heterocycles. The Balaban J connectivity index is 1.42. The fraction of sp³-hybridized carbons (Fsp3) is 0.150. The molecule has 0 unspecified atom stereocenters. The van der Waals surface area contributed by atoms with Crippen LogP contribution in [0, 0.1) is 21.4 Å². The molecule has 10 heteroatoms. The number of hydrogen-bond donors (Lipinski definition) is 2. The van der Waals surface area contributed by atoms with Crippen molar-refractivity contribution in [2.75, 3.05) is 17.6 Å². The minimum absolute atomic E-state index is 0.0494. The van der Waals surface area contributed by atoms with Crippen molar-refractivity contribution in [2.24, 2.45) is 0 Å². The quantitative estimate of drug-likeness (QED) is 0.263. The third-order valence-corrected chi connectivity index (χ3v) is 5.53. The average molecular weight is 419 g/mol. The zero-order valence-electron chi connectivity index (χ0n) is 15.8. The summed E-state index contributed by atoms with van der Waals surface area (Å²) in [5.41, 5.74) is 8.74. The number of nitrogen functional groups attached to an aromatic ring is 1. The number of anilines is 2. The number of nitrogens with one attached hydrogen (secondary N) is 1. The summed E-state index contributed by atoms with van der Waals surface area (Å²) in [6.07, 6.45) is 1.30. The molecule has 0 amide bonds. The number of fused-ring (bicyclic) bond motifs is 1. The number of nitriles is 1. The average Bonchev–Trinajstić information content (AvgIpc) is 3.31. The Labute approximate surface area is 175 Å². The van der Waals surface area contributed by atoms with Gasteiger partial charge in [-0.15, -0.1) is 0 Å². The van der Waals surface area contributed by atoms with Crippen LogP contribution in [0.1, 0.15) is 17.7 Å². The second kappa shape index (κ2) is 8.18. The van der Waals surface area contributed by atoms with Gasteiger partial charge in [0, 0.05) is 18.7 Å². The number of benzene rings is 2. The minimum Gasteiger partial charge on any atom is -0.382 e. The van der Waals surface area contributed by atoms with Gasteiger partial charge in [-0.2, -0.15) is 10.4 Å². The summed E-state index contributed by atoms with van der Waals surface area (Å²) in [5.74, 6) is 0.333. The lowest BCUT2D eigenvalue weighted by Gasteiger charge is -2.02. The SMILES string of the molecule is N#Cc1c(CCCNc2nc3ccc([N+](=O)[O-])cc3s2)nn(-c2ccccc2)c1N. The van der Waals surface area contributed by atoms with Crippen molar-refractivity contribution in [3.05, 3.63) is 69.9 Å². The van der Waals surface area contributed by atoms with Gasteiger partial charge in [0.15, 0.2) is 5.13 Å². The molecule has 0 bridgehead atoms. The van der Waals surface area contributed by atoms with Crippen molar-refractivity contribution in [3.63, 3.8) is 0 Å². The molecule has 0 saturated carbocycles. The standard InChI is InChI=1S/C20H17N7O2S/c21-12-15-16(25-26(19(15)22)13-5-2-1-3-6-13)7-4-10-23-20-24-17-9-8-14(27(28)29)11-18(17)30-20/h1-3,5-6,8-9,11H,4,7,10,22H2,(H,23,24). The smallest absolute Gasteiger partial charge is 0.270 e. The van der Waals surface area contributed by atoms with Gasteiger partial charge in [0.05, 0.1) is 26.5 Å². The molecule has 2 aromatic carbocycles. The van der Waals surface area contributed by atoms with Crippen LogP contribution in [0.4, 0.5) is 16.6 Å². The lowest BCUT2D eigenvalue weighted by atomic mass is 10.1. The highest BCUT2D eigenvalue weighted by Crippen LogP contribution is 2.29. The Kier molecular flexibility index (Phi) is 5.28. The second-order valence-electron chi connectivity index (χ2n) is 6.52. The van der Waals surface area contributed by atoms with Gasteiger partial charge >= 0.3 is 0 Å². The monoisotopic (exact) mass is 419 g/mol. The lowest BCUT2D eigenvalue weighted by Crippen LogP contribution is -2.04. The molecule has 0 fully saturated rings. The second-order valence-corrected chi connectivity index (χ2v) is 7.56. The molecule has 150 valence electrons. The first kappa shape index (κ1) is 19.4. The molecule has 4 rings (SSSR count). The fourth-order valence-electron chi connectivity index (χ4n) is 3.09. The molecule has 2 heterocycles. The molecule has 3 N–H and O–H groups in total. The zero-order valence-corrected chi connectivity index (χ0v) is 16.6. The highest BCUT2D eigenvalue weighted by molar-refractivity contribution is 7.22. The largest absolute Gasteiger partial charge is 0.382 e. The third kappa shape index (κ3) is 3.78. The number of nitro groups is 1. The number of nitrogens with zero attached hydrogens (tertiary/aromatic N) is 5. The summed E-state index contributed by atoms with van der Waals surface area (Å²) >= 11 is 1.37. The molecule has 4 aromatic rings. The molecule has 9 nitrogen and oxygen atoms in total. The van der Waals surface area contributed by atoms with E-state index in [1.54, 1.807) is 10.7 Å². The molecule has 0 atom stereocenters. The first-order chi connectivity index (χ1) is 14.6. The fourth-order valence-corrected chi connectivity index (χ4v) is 4.02. The molecule has 0 saturated heterocycles. The van der Waals surface area contributed by atoms with Crippen molar-refractivity contribution in [1.82, 2.24) is 14.8 Å². The number of aryl methyl sites for hydroxylation is 1. The number of aromatic nitrogens is 3. The van der Waals surface area contributed by atoms with Crippen LogP contribution < -0.4 is 11.1 Å². The molecule has 0 aliphatic carbocycles. The van der Waals surface area contributed by atoms with Gasteiger partial charge in [0.2, 0.25) is 0 Å². The maximum Gasteiger partial charge on any atom is 0.270 e. The van der Waals surface area contributed by atoms with E-state index in [-0.39, 0.29) is 5.69 Å². The minimum atomic E-state index is -0.417. The Morgan fingerprint density at radius 3 is 2.80 bits per heavy atom. The summed E-state index contributed by atoms with van der Waals surface area (Å²) in [6.45, 7) is 0.616. The maximum atomic E-state index is 10.9. The van der Waals surface area contributed by atoms with Crippen LogP contribution in [0.25, 0.3) is 15.9 Å². The van der Waals surface area contributed by atoms with Crippen molar-refractivity contribution in [2.45, 2.75) is 12.8 Å². The van der Waals surface area contributed by atoms with Crippen LogP contribution in [0.3, 0.4) is 0 Å². The Morgan fingerprint density at radius 2 is 2.07 bits per heavy atom. The van der Waals surface area contributed by atoms with E-state index < -0.39 is 4.92 Å². The van der Waals surface area contributed by atoms with Crippen LogP contribution in [0.5, 0.6) is 0 Å². The maximum absolute atomic E-state index is 10.9.